The minimum atomic E-state index is -3.93. The Labute approximate surface area is 173 Å². The maximum atomic E-state index is 12.5. The zero-order valence-corrected chi connectivity index (χ0v) is 17.7. The SMILES string of the molecule is Cc1cc(NS(=O)(=O)c2nnc(NC(=O)c3ccccc3Cl)s2)ccc1Br. The number of benzene rings is 2. The fourth-order valence-corrected chi connectivity index (χ4v) is 4.50. The van der Waals surface area contributed by atoms with Crippen LogP contribution in [0.2, 0.25) is 5.02 Å². The van der Waals surface area contributed by atoms with Gasteiger partial charge >= 0.3 is 0 Å². The van der Waals surface area contributed by atoms with Gasteiger partial charge in [-0.2, -0.15) is 8.42 Å². The first-order chi connectivity index (χ1) is 12.8. The topological polar surface area (TPSA) is 101 Å². The average Bonchev–Trinajstić information content (AvgIpc) is 3.08. The van der Waals surface area contributed by atoms with Crippen molar-refractivity contribution < 1.29 is 13.2 Å². The highest BCUT2D eigenvalue weighted by molar-refractivity contribution is 9.10. The van der Waals surface area contributed by atoms with Crippen molar-refractivity contribution in [1.82, 2.24) is 10.2 Å². The predicted molar refractivity (Wildman–Crippen MR) is 109 cm³/mol. The molecule has 0 unspecified atom stereocenters. The lowest BCUT2D eigenvalue weighted by Crippen LogP contribution is -2.12. The first-order valence-corrected chi connectivity index (χ1v) is 10.9. The summed E-state index contributed by atoms with van der Waals surface area (Å²) < 4.78 is 28.0. The van der Waals surface area contributed by atoms with Crippen LogP contribution in [0.15, 0.2) is 51.3 Å². The Morgan fingerprint density at radius 3 is 2.63 bits per heavy atom. The zero-order valence-electron chi connectivity index (χ0n) is 13.7. The number of halogens is 2. The molecule has 0 fully saturated rings. The zero-order chi connectivity index (χ0) is 19.6. The number of nitrogens with one attached hydrogen (secondary N) is 2. The van der Waals surface area contributed by atoms with Crippen molar-refractivity contribution in [3.63, 3.8) is 0 Å². The second-order valence-electron chi connectivity index (χ2n) is 5.38. The molecule has 11 heteroatoms. The summed E-state index contributed by atoms with van der Waals surface area (Å²) in [5.41, 5.74) is 1.52. The van der Waals surface area contributed by atoms with Crippen LogP contribution in [0.3, 0.4) is 0 Å². The number of carbonyl (C=O) groups excluding carboxylic acids is 1. The average molecular weight is 488 g/mol. The molecule has 0 aliphatic carbocycles. The van der Waals surface area contributed by atoms with Crippen LogP contribution in [0.1, 0.15) is 15.9 Å². The number of rotatable bonds is 5. The van der Waals surface area contributed by atoms with Crippen LogP contribution in [0, 0.1) is 6.92 Å². The quantitative estimate of drug-likeness (QED) is 0.522. The first kappa shape index (κ1) is 19.7. The van der Waals surface area contributed by atoms with Crippen molar-refractivity contribution in [1.29, 1.82) is 0 Å². The molecule has 0 atom stereocenters. The highest BCUT2D eigenvalue weighted by Crippen LogP contribution is 2.26. The van der Waals surface area contributed by atoms with Crippen molar-refractivity contribution in [2.45, 2.75) is 11.3 Å². The van der Waals surface area contributed by atoms with E-state index in [9.17, 15) is 13.2 Å². The molecule has 2 aromatic carbocycles. The van der Waals surface area contributed by atoms with E-state index >= 15 is 0 Å². The Hall–Kier alpha value is -2.01. The first-order valence-electron chi connectivity index (χ1n) is 7.44. The van der Waals surface area contributed by atoms with Gasteiger partial charge in [0, 0.05) is 10.2 Å². The number of sulfonamides is 1. The van der Waals surface area contributed by atoms with E-state index in [1.54, 1.807) is 42.5 Å². The van der Waals surface area contributed by atoms with Crippen LogP contribution in [0.5, 0.6) is 0 Å². The van der Waals surface area contributed by atoms with Crippen molar-refractivity contribution in [3.8, 4) is 0 Å². The Bertz CT molecular complexity index is 1120. The summed E-state index contributed by atoms with van der Waals surface area (Å²) >= 11 is 10.1. The molecule has 0 radical (unpaired) electrons. The van der Waals surface area contributed by atoms with Gasteiger partial charge in [0.1, 0.15) is 0 Å². The molecular weight excluding hydrogens is 476 g/mol. The molecule has 7 nitrogen and oxygen atoms in total. The second kappa shape index (κ2) is 7.93. The largest absolute Gasteiger partial charge is 0.296 e. The summed E-state index contributed by atoms with van der Waals surface area (Å²) in [5, 5.41) is 10.2. The van der Waals surface area contributed by atoms with E-state index < -0.39 is 15.9 Å². The molecule has 3 rings (SSSR count). The van der Waals surface area contributed by atoms with E-state index in [-0.39, 0.29) is 20.1 Å². The number of aromatic nitrogens is 2. The van der Waals surface area contributed by atoms with Crippen molar-refractivity contribution in [2.24, 2.45) is 0 Å². The molecule has 0 aliphatic heterocycles. The van der Waals surface area contributed by atoms with Gasteiger partial charge in [0.15, 0.2) is 0 Å². The molecule has 1 amide bonds. The molecule has 0 aliphatic rings. The normalized spacial score (nSPS) is 11.2. The smallest absolute Gasteiger partial charge is 0.291 e. The second-order valence-corrected chi connectivity index (χ2v) is 9.47. The summed E-state index contributed by atoms with van der Waals surface area (Å²) in [6.07, 6.45) is 0. The molecule has 0 saturated heterocycles. The van der Waals surface area contributed by atoms with Crippen LogP contribution >= 0.6 is 38.9 Å². The van der Waals surface area contributed by atoms with E-state index in [1.807, 2.05) is 6.92 Å². The lowest BCUT2D eigenvalue weighted by atomic mass is 10.2. The highest BCUT2D eigenvalue weighted by Gasteiger charge is 2.22. The number of hydrogen-bond acceptors (Lipinski definition) is 6. The van der Waals surface area contributed by atoms with Gasteiger partial charge in [-0.15, -0.1) is 10.2 Å². The third-order valence-corrected chi connectivity index (χ3v) is 7.19. The molecular formula is C16H12BrClN4O3S2. The van der Waals surface area contributed by atoms with Crippen LogP contribution in [-0.4, -0.2) is 24.5 Å². The summed E-state index contributed by atoms with van der Waals surface area (Å²) in [7, 11) is -3.93. The van der Waals surface area contributed by atoms with Crippen molar-refractivity contribution in [2.75, 3.05) is 10.0 Å². The van der Waals surface area contributed by atoms with Crippen LogP contribution < -0.4 is 10.0 Å². The van der Waals surface area contributed by atoms with Gasteiger partial charge in [-0.25, -0.2) is 0 Å². The Balaban J connectivity index is 1.77. The van der Waals surface area contributed by atoms with Crippen LogP contribution in [-0.2, 0) is 10.0 Å². The Morgan fingerprint density at radius 1 is 1.19 bits per heavy atom. The van der Waals surface area contributed by atoms with Crippen LogP contribution in [0.4, 0.5) is 10.8 Å². The summed E-state index contributed by atoms with van der Waals surface area (Å²) in [6.45, 7) is 1.84. The van der Waals surface area contributed by atoms with Crippen LogP contribution in [0.25, 0.3) is 0 Å². The number of carbonyl (C=O) groups is 1. The van der Waals surface area contributed by atoms with E-state index in [4.69, 9.17) is 11.6 Å². The van der Waals surface area contributed by atoms with Gasteiger partial charge in [-0.05, 0) is 42.8 Å². The van der Waals surface area contributed by atoms with Gasteiger partial charge in [0.25, 0.3) is 20.3 Å². The van der Waals surface area contributed by atoms with Gasteiger partial charge in [0.2, 0.25) is 5.13 Å². The standard InChI is InChI=1S/C16H12BrClN4O3S2/c1-9-8-10(6-7-12(9)17)22-27(24,25)16-21-20-15(26-16)19-14(23)11-4-2-3-5-13(11)18/h2-8,22H,1H3,(H,19,20,23). The Kier molecular flexibility index (Phi) is 5.80. The lowest BCUT2D eigenvalue weighted by Gasteiger charge is -2.06. The lowest BCUT2D eigenvalue weighted by molar-refractivity contribution is 0.102. The van der Waals surface area contributed by atoms with Gasteiger partial charge in [-0.1, -0.05) is 51.0 Å². The molecule has 1 aromatic heterocycles. The molecule has 2 N–H and O–H groups in total. The number of amides is 1. The monoisotopic (exact) mass is 486 g/mol. The van der Waals surface area contributed by atoms with E-state index in [2.05, 4.69) is 36.2 Å². The number of anilines is 2. The summed E-state index contributed by atoms with van der Waals surface area (Å²) in [4.78, 5) is 12.2. The number of aryl methyl sites for hydroxylation is 1. The third kappa shape index (κ3) is 4.64. The molecule has 0 saturated carbocycles. The molecule has 0 bridgehead atoms. The predicted octanol–water partition coefficient (Wildman–Crippen LogP) is 4.32. The Morgan fingerprint density at radius 2 is 1.93 bits per heavy atom. The maximum Gasteiger partial charge on any atom is 0.291 e. The van der Waals surface area contributed by atoms with Gasteiger partial charge in [-0.3, -0.25) is 14.8 Å². The minimum absolute atomic E-state index is 0.0484. The molecule has 1 heterocycles. The minimum Gasteiger partial charge on any atom is -0.296 e. The molecule has 140 valence electrons. The van der Waals surface area contributed by atoms with E-state index in [1.165, 1.54) is 0 Å². The fraction of sp³-hybridized carbons (Fsp3) is 0.0625. The number of nitrogens with zero attached hydrogens (tertiary/aromatic N) is 2. The highest BCUT2D eigenvalue weighted by atomic mass is 79.9. The third-order valence-electron chi connectivity index (χ3n) is 3.39. The molecule has 3 aromatic rings. The molecule has 27 heavy (non-hydrogen) atoms. The van der Waals surface area contributed by atoms with Crippen molar-refractivity contribution >= 4 is 65.6 Å². The van der Waals surface area contributed by atoms with E-state index in [0.717, 1.165) is 21.4 Å². The van der Waals surface area contributed by atoms with Gasteiger partial charge in [0.05, 0.1) is 10.6 Å². The maximum absolute atomic E-state index is 12.5. The van der Waals surface area contributed by atoms with Crippen molar-refractivity contribution in [3.05, 3.63) is 63.1 Å². The number of hydrogen-bond donors (Lipinski definition) is 2. The fourth-order valence-electron chi connectivity index (χ4n) is 2.09. The van der Waals surface area contributed by atoms with E-state index in [0.29, 0.717) is 5.69 Å². The summed E-state index contributed by atoms with van der Waals surface area (Å²) in [5.74, 6) is -0.503. The molecule has 0 spiro atoms. The summed E-state index contributed by atoms with van der Waals surface area (Å²) in [6, 6.07) is 11.5. The van der Waals surface area contributed by atoms with Gasteiger partial charge < -0.3 is 0 Å².